The van der Waals surface area contributed by atoms with Crippen molar-refractivity contribution in [2.24, 2.45) is 0 Å². The van der Waals surface area contributed by atoms with E-state index in [1.807, 2.05) is 51.1 Å². The number of rotatable bonds is 7. The predicted molar refractivity (Wildman–Crippen MR) is 110 cm³/mol. The van der Waals surface area contributed by atoms with Crippen molar-refractivity contribution in [3.8, 4) is 17.1 Å². The van der Waals surface area contributed by atoms with E-state index >= 15 is 0 Å². The quantitative estimate of drug-likeness (QED) is 0.499. The molecule has 0 aliphatic carbocycles. The Hall–Kier alpha value is -3.10. The van der Waals surface area contributed by atoms with Gasteiger partial charge in [0.25, 0.3) is 0 Å². The molecular weight excluding hydrogens is 368 g/mol. The lowest BCUT2D eigenvalue weighted by Gasteiger charge is -2.30. The minimum absolute atomic E-state index is 0.596. The summed E-state index contributed by atoms with van der Waals surface area (Å²) < 4.78 is 7.59. The van der Waals surface area contributed by atoms with Gasteiger partial charge in [0.1, 0.15) is 12.4 Å². The summed E-state index contributed by atoms with van der Waals surface area (Å²) in [7, 11) is 0. The van der Waals surface area contributed by atoms with Crippen molar-refractivity contribution in [3.63, 3.8) is 0 Å². The third-order valence-corrected chi connectivity index (χ3v) is 4.86. The number of aliphatic hydroxyl groups excluding tert-OH is 1. The topological polar surface area (TPSA) is 102 Å². The fourth-order valence-electron chi connectivity index (χ4n) is 3.25. The Morgan fingerprint density at radius 3 is 2.83 bits per heavy atom. The van der Waals surface area contributed by atoms with Crippen LogP contribution in [0.2, 0.25) is 0 Å². The van der Waals surface area contributed by atoms with E-state index in [4.69, 9.17) is 4.74 Å². The van der Waals surface area contributed by atoms with Crippen molar-refractivity contribution in [3.05, 3.63) is 54.6 Å². The van der Waals surface area contributed by atoms with Gasteiger partial charge in [-0.15, -0.1) is 0 Å². The Morgan fingerprint density at radius 1 is 1.21 bits per heavy atom. The number of aromatic amines is 1. The molecule has 0 spiro atoms. The molecule has 1 aromatic carbocycles. The summed E-state index contributed by atoms with van der Waals surface area (Å²) in [5.41, 5.74) is 2.48. The summed E-state index contributed by atoms with van der Waals surface area (Å²) in [6, 6.07) is 9.73. The number of H-pyrrole nitrogens is 1. The Labute approximate surface area is 168 Å². The van der Waals surface area contributed by atoms with Crippen LogP contribution in [0, 0.1) is 0 Å². The number of hydrogen-bond acceptors (Lipinski definition) is 6. The lowest BCUT2D eigenvalue weighted by Crippen LogP contribution is -2.33. The van der Waals surface area contributed by atoms with Gasteiger partial charge >= 0.3 is 0 Å². The number of hydrogen-bond donors (Lipinski definition) is 2. The molecule has 0 bridgehead atoms. The van der Waals surface area contributed by atoms with Crippen LogP contribution in [0.5, 0.6) is 0 Å². The summed E-state index contributed by atoms with van der Waals surface area (Å²) in [5, 5.41) is 22.9. The summed E-state index contributed by atoms with van der Waals surface area (Å²) in [5.74, 6) is 0.691. The van der Waals surface area contributed by atoms with Crippen molar-refractivity contribution in [2.75, 3.05) is 6.61 Å². The van der Waals surface area contributed by atoms with Crippen LogP contribution < -0.4 is 0 Å². The maximum Gasteiger partial charge on any atom is 0.162 e. The average molecular weight is 392 g/mol. The molecule has 150 valence electrons. The number of pyridine rings is 1. The van der Waals surface area contributed by atoms with Crippen LogP contribution in [0.4, 0.5) is 0 Å². The highest BCUT2D eigenvalue weighted by Gasteiger charge is 2.30. The monoisotopic (exact) mass is 392 g/mol. The highest BCUT2D eigenvalue weighted by atomic mass is 16.5. The zero-order chi connectivity index (χ0) is 20.4. The first-order chi connectivity index (χ1) is 14.0. The van der Waals surface area contributed by atoms with Gasteiger partial charge in [-0.2, -0.15) is 10.2 Å². The molecule has 0 unspecified atom stereocenters. The molecule has 0 fully saturated rings. The van der Waals surface area contributed by atoms with E-state index in [9.17, 15) is 5.11 Å². The Kier molecular flexibility index (Phi) is 5.12. The number of ether oxygens (including phenoxy) is 1. The van der Waals surface area contributed by atoms with E-state index in [1.54, 1.807) is 17.1 Å². The van der Waals surface area contributed by atoms with Gasteiger partial charge in [-0.1, -0.05) is 19.1 Å². The van der Waals surface area contributed by atoms with Gasteiger partial charge in [-0.05, 0) is 38.5 Å². The average Bonchev–Trinajstić information content (AvgIpc) is 3.41. The molecule has 3 heterocycles. The van der Waals surface area contributed by atoms with E-state index in [2.05, 4.69) is 25.3 Å². The van der Waals surface area contributed by atoms with E-state index in [0.29, 0.717) is 23.6 Å². The molecule has 0 aliphatic heterocycles. The summed E-state index contributed by atoms with van der Waals surface area (Å²) in [6.45, 7) is 6.41. The van der Waals surface area contributed by atoms with Crippen LogP contribution in [0.3, 0.4) is 0 Å². The van der Waals surface area contributed by atoms with Gasteiger partial charge < -0.3 is 9.84 Å². The molecule has 0 radical (unpaired) electrons. The third kappa shape index (κ3) is 3.76. The van der Waals surface area contributed by atoms with Crippen molar-refractivity contribution in [1.29, 1.82) is 0 Å². The second kappa shape index (κ2) is 7.73. The maximum absolute atomic E-state index is 10.8. The van der Waals surface area contributed by atoms with Crippen molar-refractivity contribution in [1.82, 2.24) is 29.9 Å². The Balaban J connectivity index is 1.67. The molecule has 0 aliphatic rings. The molecule has 4 rings (SSSR count). The standard InChI is InChI=1S/C21H24N6O2/c1-4-8-29-21(2,3)18(28)15-9-16-12-25-27(20(16)22-11-15)17-7-5-6-14(10-17)19-23-13-24-26-19/h5-7,9-13,18,28H,4,8H2,1-3H3,(H,23,24,26)/t18-/m0/s1. The molecule has 8 nitrogen and oxygen atoms in total. The van der Waals surface area contributed by atoms with Gasteiger partial charge in [0.15, 0.2) is 11.5 Å². The van der Waals surface area contributed by atoms with Crippen LogP contribution >= 0.6 is 0 Å². The highest BCUT2D eigenvalue weighted by molar-refractivity contribution is 5.77. The lowest BCUT2D eigenvalue weighted by atomic mass is 9.95. The zero-order valence-electron chi connectivity index (χ0n) is 16.7. The predicted octanol–water partition coefficient (Wildman–Crippen LogP) is 3.44. The molecule has 2 N–H and O–H groups in total. The number of aliphatic hydroxyl groups is 1. The van der Waals surface area contributed by atoms with Gasteiger partial charge in [0.2, 0.25) is 0 Å². The molecule has 3 aromatic heterocycles. The summed E-state index contributed by atoms with van der Waals surface area (Å²) >= 11 is 0. The number of aromatic nitrogens is 6. The second-order valence-electron chi connectivity index (χ2n) is 7.48. The molecule has 4 aromatic rings. The highest BCUT2D eigenvalue weighted by Crippen LogP contribution is 2.30. The number of nitrogens with zero attached hydrogens (tertiary/aromatic N) is 5. The first-order valence-corrected chi connectivity index (χ1v) is 9.61. The molecule has 0 amide bonds. The van der Waals surface area contributed by atoms with Gasteiger partial charge in [-0.3, -0.25) is 5.10 Å². The molecule has 0 saturated carbocycles. The van der Waals surface area contributed by atoms with Crippen molar-refractivity contribution < 1.29 is 9.84 Å². The minimum Gasteiger partial charge on any atom is -0.385 e. The largest absolute Gasteiger partial charge is 0.385 e. The fraction of sp³-hybridized carbons (Fsp3) is 0.333. The lowest BCUT2D eigenvalue weighted by molar-refractivity contribution is -0.102. The SMILES string of the molecule is CCCOC(C)(C)[C@@H](O)c1cnc2c(cnn2-c2cccc(-c3ncn[nH]3)c2)c1. The van der Waals surface area contributed by atoms with E-state index in [1.165, 1.54) is 6.33 Å². The van der Waals surface area contributed by atoms with Crippen LogP contribution in [0.1, 0.15) is 38.9 Å². The molecular formula is C21H24N6O2. The summed E-state index contributed by atoms with van der Waals surface area (Å²) in [6.07, 6.45) is 5.02. The van der Waals surface area contributed by atoms with Crippen LogP contribution in [-0.2, 0) is 4.74 Å². The number of nitrogens with one attached hydrogen (secondary N) is 1. The smallest absolute Gasteiger partial charge is 0.162 e. The first kappa shape index (κ1) is 19.2. The van der Waals surface area contributed by atoms with Gasteiger partial charge in [0, 0.05) is 29.3 Å². The van der Waals surface area contributed by atoms with Gasteiger partial charge in [-0.25, -0.2) is 14.6 Å². The Morgan fingerprint density at radius 2 is 2.07 bits per heavy atom. The van der Waals surface area contributed by atoms with E-state index < -0.39 is 11.7 Å². The second-order valence-corrected chi connectivity index (χ2v) is 7.48. The normalized spacial score (nSPS) is 13.1. The maximum atomic E-state index is 10.8. The zero-order valence-corrected chi connectivity index (χ0v) is 16.7. The van der Waals surface area contributed by atoms with Crippen LogP contribution in [0.25, 0.3) is 28.1 Å². The first-order valence-electron chi connectivity index (χ1n) is 9.61. The van der Waals surface area contributed by atoms with Gasteiger partial charge in [0.05, 0.1) is 17.5 Å². The minimum atomic E-state index is -0.788. The molecule has 1 atom stereocenters. The van der Waals surface area contributed by atoms with Crippen LogP contribution in [0.15, 0.2) is 49.1 Å². The Bertz CT molecular complexity index is 1100. The summed E-state index contributed by atoms with van der Waals surface area (Å²) in [4.78, 5) is 8.77. The van der Waals surface area contributed by atoms with E-state index in [-0.39, 0.29) is 0 Å². The van der Waals surface area contributed by atoms with Crippen LogP contribution in [-0.4, -0.2) is 47.3 Å². The molecule has 0 saturated heterocycles. The number of fused-ring (bicyclic) bond motifs is 1. The third-order valence-electron chi connectivity index (χ3n) is 4.86. The molecule has 8 heteroatoms. The molecule has 29 heavy (non-hydrogen) atoms. The van der Waals surface area contributed by atoms with Crippen molar-refractivity contribution >= 4 is 11.0 Å². The number of benzene rings is 1. The van der Waals surface area contributed by atoms with Crippen molar-refractivity contribution in [2.45, 2.75) is 38.9 Å². The fourth-order valence-corrected chi connectivity index (χ4v) is 3.25. The van der Waals surface area contributed by atoms with E-state index in [0.717, 1.165) is 23.1 Å².